The van der Waals surface area contributed by atoms with Crippen LogP contribution in [0.5, 0.6) is 0 Å². The molecule has 0 atom stereocenters. The summed E-state index contributed by atoms with van der Waals surface area (Å²) in [5.41, 5.74) is 7.55. The highest BCUT2D eigenvalue weighted by Crippen LogP contribution is 2.47. The van der Waals surface area contributed by atoms with Gasteiger partial charge in [-0.25, -0.2) is 9.97 Å². The monoisotopic (exact) mass is 642 g/mol. The Hall–Kier alpha value is -6.30. The Morgan fingerprint density at radius 2 is 1.14 bits per heavy atom. The highest BCUT2D eigenvalue weighted by molar-refractivity contribution is 7.26. The molecule has 7 aromatic carbocycles. The summed E-state index contributed by atoms with van der Waals surface area (Å²) >= 11 is 1.85. The number of hydrogen-bond acceptors (Lipinski definition) is 3. The fraction of sp³-hybridized carbons (Fsp3) is 0. The second-order valence-electron chi connectivity index (χ2n) is 12.6. The van der Waals surface area contributed by atoms with E-state index in [-0.39, 0.29) is 0 Å². The molecule has 49 heavy (non-hydrogen) atoms. The molecule has 0 aliphatic carbocycles. The molecule has 0 fully saturated rings. The number of para-hydroxylation sites is 4. The lowest BCUT2D eigenvalue weighted by molar-refractivity contribution is 1.02. The molecule has 5 heteroatoms. The van der Waals surface area contributed by atoms with E-state index in [4.69, 9.17) is 9.97 Å². The molecule has 0 N–H and O–H groups in total. The summed E-state index contributed by atoms with van der Waals surface area (Å²) in [5.74, 6) is 0.675. The third kappa shape index (κ3) is 3.79. The minimum atomic E-state index is 0.675. The topological polar surface area (TPSA) is 35.6 Å². The molecule has 0 amide bonds. The standard InChI is InChI=1S/C44H26N4S/c1-2-14-30(15-3-1)47-38-21-11-8-18-34(38)39-35-25-24-32-31-16-7-10-20-37(31)48(41(32)42(35)49-43(39)47)44-45-36-19-9-6-17-33(36)40(46-44)29-23-22-27-12-4-5-13-28(27)26-29/h1-26H. The van der Waals surface area contributed by atoms with Gasteiger partial charge in [0.15, 0.2) is 0 Å². The molecule has 0 radical (unpaired) electrons. The predicted octanol–water partition coefficient (Wildman–Crippen LogP) is 11.9. The minimum Gasteiger partial charge on any atom is -0.301 e. The highest BCUT2D eigenvalue weighted by atomic mass is 32.1. The van der Waals surface area contributed by atoms with E-state index in [0.29, 0.717) is 5.95 Å². The van der Waals surface area contributed by atoms with Crippen molar-refractivity contribution < 1.29 is 0 Å². The van der Waals surface area contributed by atoms with Gasteiger partial charge >= 0.3 is 0 Å². The lowest BCUT2D eigenvalue weighted by Crippen LogP contribution is -2.03. The van der Waals surface area contributed by atoms with Gasteiger partial charge in [0.25, 0.3) is 0 Å². The van der Waals surface area contributed by atoms with Crippen molar-refractivity contribution in [2.75, 3.05) is 0 Å². The van der Waals surface area contributed by atoms with Crippen molar-refractivity contribution in [3.8, 4) is 22.9 Å². The minimum absolute atomic E-state index is 0.675. The van der Waals surface area contributed by atoms with E-state index >= 15 is 0 Å². The first-order valence-corrected chi connectivity index (χ1v) is 17.3. The summed E-state index contributed by atoms with van der Waals surface area (Å²) in [6, 6.07) is 56.2. The lowest BCUT2D eigenvalue weighted by Gasteiger charge is -2.12. The Balaban J connectivity index is 1.27. The van der Waals surface area contributed by atoms with E-state index in [9.17, 15) is 0 Å². The van der Waals surface area contributed by atoms with Crippen molar-refractivity contribution in [3.63, 3.8) is 0 Å². The van der Waals surface area contributed by atoms with Crippen molar-refractivity contribution in [3.05, 3.63) is 158 Å². The number of benzene rings is 7. The van der Waals surface area contributed by atoms with Gasteiger partial charge in [0.2, 0.25) is 5.95 Å². The van der Waals surface area contributed by atoms with Crippen molar-refractivity contribution in [1.82, 2.24) is 19.1 Å². The fourth-order valence-electron chi connectivity index (χ4n) is 7.76. The molecule has 0 saturated carbocycles. The van der Waals surface area contributed by atoms with Crippen LogP contribution in [0.15, 0.2) is 158 Å². The molecule has 11 aromatic rings. The highest BCUT2D eigenvalue weighted by Gasteiger charge is 2.23. The summed E-state index contributed by atoms with van der Waals surface area (Å²) < 4.78 is 5.95. The molecule has 0 aliphatic rings. The van der Waals surface area contributed by atoms with Gasteiger partial charge in [-0.2, -0.15) is 0 Å². The molecule has 0 saturated heterocycles. The fourth-order valence-corrected chi connectivity index (χ4v) is 9.15. The number of hydrogen-bond donors (Lipinski definition) is 0. The SMILES string of the molecule is c1ccc(-n2c3ccccc3c3c4ccc5c6ccccc6n(-c6nc(-c7ccc8ccccc8c7)c7ccccc7n6)c5c4sc32)cc1. The average molecular weight is 643 g/mol. The third-order valence-corrected chi connectivity index (χ3v) is 11.1. The molecule has 228 valence electrons. The van der Waals surface area contributed by atoms with E-state index < -0.39 is 0 Å². The Morgan fingerprint density at radius 1 is 0.469 bits per heavy atom. The molecule has 0 unspecified atom stereocenters. The second kappa shape index (κ2) is 10.1. The predicted molar refractivity (Wildman–Crippen MR) is 207 cm³/mol. The first kappa shape index (κ1) is 26.7. The van der Waals surface area contributed by atoms with Gasteiger partial charge in [-0.15, -0.1) is 11.3 Å². The maximum absolute atomic E-state index is 5.44. The summed E-state index contributed by atoms with van der Waals surface area (Å²) in [5, 5.41) is 9.63. The van der Waals surface area contributed by atoms with Gasteiger partial charge in [0, 0.05) is 43.6 Å². The molecule has 4 aromatic heterocycles. The van der Waals surface area contributed by atoms with Crippen LogP contribution in [0.25, 0.3) is 97.6 Å². The first-order chi connectivity index (χ1) is 24.3. The van der Waals surface area contributed by atoms with Crippen LogP contribution in [0.2, 0.25) is 0 Å². The van der Waals surface area contributed by atoms with Gasteiger partial charge in [-0.05, 0) is 47.2 Å². The van der Waals surface area contributed by atoms with E-state index in [0.717, 1.165) is 38.9 Å². The molecule has 11 rings (SSSR count). The Labute approximate surface area is 284 Å². The van der Waals surface area contributed by atoms with Crippen molar-refractivity contribution >= 4 is 86.0 Å². The van der Waals surface area contributed by atoms with Crippen LogP contribution < -0.4 is 0 Å². The van der Waals surface area contributed by atoms with Gasteiger partial charge in [-0.1, -0.05) is 121 Å². The van der Waals surface area contributed by atoms with Crippen LogP contribution in [0.1, 0.15) is 0 Å². The molecule has 0 aliphatic heterocycles. The van der Waals surface area contributed by atoms with Crippen LogP contribution in [-0.2, 0) is 0 Å². The number of thiophene rings is 1. The quantitative estimate of drug-likeness (QED) is 0.192. The van der Waals surface area contributed by atoms with Gasteiger partial charge in [-0.3, -0.25) is 4.57 Å². The van der Waals surface area contributed by atoms with Crippen molar-refractivity contribution in [2.24, 2.45) is 0 Å². The lowest BCUT2D eigenvalue weighted by atomic mass is 10.0. The summed E-state index contributed by atoms with van der Waals surface area (Å²) in [7, 11) is 0. The normalized spacial score (nSPS) is 12.1. The second-order valence-corrected chi connectivity index (χ2v) is 13.6. The Bertz CT molecular complexity index is 3110. The first-order valence-electron chi connectivity index (χ1n) is 16.5. The van der Waals surface area contributed by atoms with Crippen LogP contribution in [-0.4, -0.2) is 19.1 Å². The van der Waals surface area contributed by atoms with Gasteiger partial charge < -0.3 is 4.57 Å². The molecule has 4 nitrogen and oxygen atoms in total. The Morgan fingerprint density at radius 3 is 2.00 bits per heavy atom. The number of fused-ring (bicyclic) bond motifs is 11. The number of nitrogens with zero attached hydrogens (tertiary/aromatic N) is 4. The zero-order valence-electron chi connectivity index (χ0n) is 26.2. The van der Waals surface area contributed by atoms with E-state index in [1.807, 2.05) is 11.3 Å². The van der Waals surface area contributed by atoms with Crippen LogP contribution >= 0.6 is 11.3 Å². The third-order valence-electron chi connectivity index (χ3n) is 9.92. The van der Waals surface area contributed by atoms with E-state index in [1.54, 1.807) is 0 Å². The van der Waals surface area contributed by atoms with E-state index in [1.165, 1.54) is 52.8 Å². The maximum atomic E-state index is 5.44. The average Bonchev–Trinajstić information content (AvgIpc) is 3.81. The molecule has 0 bridgehead atoms. The number of rotatable bonds is 3. The molecular formula is C44H26N4S. The summed E-state index contributed by atoms with van der Waals surface area (Å²) in [4.78, 5) is 12.0. The summed E-state index contributed by atoms with van der Waals surface area (Å²) in [6.45, 7) is 0. The van der Waals surface area contributed by atoms with Crippen LogP contribution in [0.3, 0.4) is 0 Å². The van der Waals surface area contributed by atoms with Crippen LogP contribution in [0.4, 0.5) is 0 Å². The number of aromatic nitrogens is 4. The van der Waals surface area contributed by atoms with Crippen molar-refractivity contribution in [1.29, 1.82) is 0 Å². The molecule has 4 heterocycles. The zero-order chi connectivity index (χ0) is 32.1. The largest absolute Gasteiger partial charge is 0.301 e. The van der Waals surface area contributed by atoms with E-state index in [2.05, 4.69) is 167 Å². The smallest absolute Gasteiger partial charge is 0.235 e. The Kier molecular flexibility index (Phi) is 5.51. The van der Waals surface area contributed by atoms with Crippen LogP contribution in [0, 0.1) is 0 Å². The summed E-state index contributed by atoms with van der Waals surface area (Å²) in [6.07, 6.45) is 0. The zero-order valence-corrected chi connectivity index (χ0v) is 27.0. The van der Waals surface area contributed by atoms with Gasteiger partial charge in [0.05, 0.1) is 32.5 Å². The molecule has 0 spiro atoms. The van der Waals surface area contributed by atoms with Gasteiger partial charge in [0.1, 0.15) is 4.83 Å². The maximum Gasteiger partial charge on any atom is 0.235 e. The molecular weight excluding hydrogens is 617 g/mol. The van der Waals surface area contributed by atoms with Crippen molar-refractivity contribution in [2.45, 2.75) is 0 Å².